The number of hydrogen-bond donors (Lipinski definition) is 1. The van der Waals surface area contributed by atoms with Crippen molar-refractivity contribution in [2.45, 2.75) is 63.6 Å². The minimum Gasteiger partial charge on any atom is -0.313 e. The molecule has 0 aromatic carbocycles. The lowest BCUT2D eigenvalue weighted by Gasteiger charge is -2.40. The summed E-state index contributed by atoms with van der Waals surface area (Å²) in [5.74, 6) is 0.824. The van der Waals surface area contributed by atoms with E-state index in [-0.39, 0.29) is 0 Å². The van der Waals surface area contributed by atoms with Crippen LogP contribution in [0.1, 0.15) is 44.6 Å². The topological polar surface area (TPSA) is 28.2 Å². The van der Waals surface area contributed by atoms with Crippen LogP contribution in [0.3, 0.4) is 0 Å². The molecule has 116 valence electrons. The second-order valence-corrected chi connectivity index (χ2v) is 6.91. The van der Waals surface area contributed by atoms with Crippen molar-refractivity contribution in [2.75, 3.05) is 13.6 Å². The van der Waals surface area contributed by atoms with Crippen LogP contribution >= 0.6 is 0 Å². The molecule has 1 N–H and O–H groups in total. The Morgan fingerprint density at radius 2 is 2.10 bits per heavy atom. The fourth-order valence-corrected chi connectivity index (χ4v) is 4.29. The molecule has 1 aromatic rings. The largest absolute Gasteiger partial charge is 0.313 e. The van der Waals surface area contributed by atoms with Crippen LogP contribution in [0.5, 0.6) is 0 Å². The first-order valence-corrected chi connectivity index (χ1v) is 8.62. The number of nitrogens with zero attached hydrogens (tertiary/aromatic N) is 2. The molecule has 0 aliphatic carbocycles. The smallest absolute Gasteiger partial charge is 0.0300 e. The lowest BCUT2D eigenvalue weighted by atomic mass is 9.82. The van der Waals surface area contributed by atoms with E-state index in [1.807, 2.05) is 12.4 Å². The number of pyridine rings is 1. The summed E-state index contributed by atoms with van der Waals surface area (Å²) in [5.41, 5.74) is 1.37. The van der Waals surface area contributed by atoms with E-state index in [2.05, 4.69) is 41.3 Å². The van der Waals surface area contributed by atoms with Gasteiger partial charge in [-0.1, -0.05) is 13.0 Å². The number of fused-ring (bicyclic) bond motifs is 2. The predicted molar refractivity (Wildman–Crippen MR) is 87.3 cm³/mol. The minimum atomic E-state index is 0.617. The van der Waals surface area contributed by atoms with E-state index in [9.17, 15) is 0 Å². The number of piperidine rings is 1. The average Bonchev–Trinajstić information content (AvgIpc) is 2.74. The van der Waals surface area contributed by atoms with Crippen molar-refractivity contribution in [3.05, 3.63) is 30.1 Å². The lowest BCUT2D eigenvalue weighted by molar-refractivity contribution is 0.112. The summed E-state index contributed by atoms with van der Waals surface area (Å²) >= 11 is 0. The van der Waals surface area contributed by atoms with Gasteiger partial charge in [0.1, 0.15) is 0 Å². The molecule has 3 heterocycles. The van der Waals surface area contributed by atoms with E-state index in [0.717, 1.165) is 31.0 Å². The van der Waals surface area contributed by atoms with Crippen LogP contribution in [0.15, 0.2) is 24.5 Å². The fraction of sp³-hybridized carbons (Fsp3) is 0.722. The summed E-state index contributed by atoms with van der Waals surface area (Å²) in [7, 11) is 2.33. The highest BCUT2D eigenvalue weighted by Gasteiger charge is 2.40. The Balaban J connectivity index is 1.67. The van der Waals surface area contributed by atoms with Gasteiger partial charge >= 0.3 is 0 Å². The second kappa shape index (κ2) is 6.89. The van der Waals surface area contributed by atoms with Crippen LogP contribution < -0.4 is 5.32 Å². The molecule has 21 heavy (non-hydrogen) atoms. The van der Waals surface area contributed by atoms with Gasteiger partial charge in [-0.15, -0.1) is 0 Å². The van der Waals surface area contributed by atoms with Gasteiger partial charge < -0.3 is 10.2 Å². The normalized spacial score (nSPS) is 30.5. The van der Waals surface area contributed by atoms with Crippen molar-refractivity contribution < 1.29 is 0 Å². The number of rotatable bonds is 6. The SMILES string of the molecule is CCCNC(Cc1cccnc1)C1CC2CCC(C1)N2C. The van der Waals surface area contributed by atoms with Gasteiger partial charge in [-0.3, -0.25) is 4.98 Å². The molecule has 3 atom stereocenters. The Hall–Kier alpha value is -0.930. The van der Waals surface area contributed by atoms with Gasteiger partial charge in [0.15, 0.2) is 0 Å². The Bertz CT molecular complexity index is 419. The third kappa shape index (κ3) is 3.46. The summed E-state index contributed by atoms with van der Waals surface area (Å²) < 4.78 is 0. The van der Waals surface area contributed by atoms with Crippen molar-refractivity contribution in [1.29, 1.82) is 0 Å². The van der Waals surface area contributed by atoms with Crippen molar-refractivity contribution in [3.63, 3.8) is 0 Å². The first-order chi connectivity index (χ1) is 10.3. The summed E-state index contributed by atoms with van der Waals surface area (Å²) in [4.78, 5) is 6.92. The van der Waals surface area contributed by atoms with Crippen LogP contribution in [0.4, 0.5) is 0 Å². The Labute approximate surface area is 129 Å². The van der Waals surface area contributed by atoms with Crippen LogP contribution in [-0.4, -0.2) is 41.6 Å². The molecule has 3 unspecified atom stereocenters. The Morgan fingerprint density at radius 3 is 2.71 bits per heavy atom. The zero-order valence-electron chi connectivity index (χ0n) is 13.5. The maximum absolute atomic E-state index is 4.28. The minimum absolute atomic E-state index is 0.617. The predicted octanol–water partition coefficient (Wildman–Crippen LogP) is 2.87. The standard InChI is InChI=1S/C18H29N3/c1-3-8-20-18(10-14-5-4-9-19-13-14)15-11-16-6-7-17(12-15)21(16)2/h4-5,9,13,15-18,20H,3,6-8,10-12H2,1-2H3. The summed E-state index contributed by atoms with van der Waals surface area (Å²) in [5, 5.41) is 3.83. The van der Waals surface area contributed by atoms with Gasteiger partial charge in [0.2, 0.25) is 0 Å². The molecule has 3 nitrogen and oxygen atoms in total. The third-order valence-electron chi connectivity index (χ3n) is 5.54. The maximum Gasteiger partial charge on any atom is 0.0300 e. The van der Waals surface area contributed by atoms with E-state index in [1.54, 1.807) is 0 Å². The Kier molecular flexibility index (Phi) is 4.91. The molecular formula is C18H29N3. The molecule has 1 aromatic heterocycles. The van der Waals surface area contributed by atoms with Gasteiger partial charge in [0, 0.05) is 30.5 Å². The van der Waals surface area contributed by atoms with Crippen molar-refractivity contribution in [2.24, 2.45) is 5.92 Å². The summed E-state index contributed by atoms with van der Waals surface area (Å²) in [6.07, 6.45) is 11.8. The Morgan fingerprint density at radius 1 is 1.33 bits per heavy atom. The van der Waals surface area contributed by atoms with Gasteiger partial charge in [-0.25, -0.2) is 0 Å². The monoisotopic (exact) mass is 287 g/mol. The highest BCUT2D eigenvalue weighted by atomic mass is 15.2. The van der Waals surface area contributed by atoms with E-state index in [1.165, 1.54) is 37.7 Å². The first kappa shape index (κ1) is 15.0. The molecule has 3 heteroatoms. The van der Waals surface area contributed by atoms with Gasteiger partial charge in [-0.05, 0) is 69.7 Å². The van der Waals surface area contributed by atoms with E-state index >= 15 is 0 Å². The molecule has 2 saturated heterocycles. The van der Waals surface area contributed by atoms with Gasteiger partial charge in [-0.2, -0.15) is 0 Å². The average molecular weight is 287 g/mol. The zero-order valence-corrected chi connectivity index (χ0v) is 13.5. The molecule has 2 bridgehead atoms. The molecule has 2 aliphatic heterocycles. The molecule has 0 saturated carbocycles. The first-order valence-electron chi connectivity index (χ1n) is 8.62. The number of nitrogens with one attached hydrogen (secondary N) is 1. The number of aromatic nitrogens is 1. The van der Waals surface area contributed by atoms with Crippen LogP contribution in [0, 0.1) is 5.92 Å². The van der Waals surface area contributed by atoms with E-state index < -0.39 is 0 Å². The van der Waals surface area contributed by atoms with E-state index in [0.29, 0.717) is 6.04 Å². The molecule has 2 aliphatic rings. The fourth-order valence-electron chi connectivity index (χ4n) is 4.29. The molecule has 2 fully saturated rings. The zero-order chi connectivity index (χ0) is 14.7. The molecular weight excluding hydrogens is 258 g/mol. The van der Waals surface area contributed by atoms with Gasteiger partial charge in [0.25, 0.3) is 0 Å². The summed E-state index contributed by atoms with van der Waals surface area (Å²) in [6, 6.07) is 6.55. The number of hydrogen-bond acceptors (Lipinski definition) is 3. The van der Waals surface area contributed by atoms with Crippen LogP contribution in [0.2, 0.25) is 0 Å². The molecule has 3 rings (SSSR count). The van der Waals surface area contributed by atoms with Crippen molar-refractivity contribution >= 4 is 0 Å². The maximum atomic E-state index is 4.28. The third-order valence-corrected chi connectivity index (χ3v) is 5.54. The second-order valence-electron chi connectivity index (χ2n) is 6.91. The van der Waals surface area contributed by atoms with Crippen molar-refractivity contribution in [1.82, 2.24) is 15.2 Å². The molecule has 0 radical (unpaired) electrons. The quantitative estimate of drug-likeness (QED) is 0.872. The lowest BCUT2D eigenvalue weighted by Crippen LogP contribution is -2.48. The molecule has 0 amide bonds. The van der Waals surface area contributed by atoms with Crippen molar-refractivity contribution in [3.8, 4) is 0 Å². The van der Waals surface area contributed by atoms with Crippen LogP contribution in [-0.2, 0) is 6.42 Å². The van der Waals surface area contributed by atoms with E-state index in [4.69, 9.17) is 0 Å². The molecule has 0 spiro atoms. The van der Waals surface area contributed by atoms with Gasteiger partial charge in [0.05, 0.1) is 0 Å². The highest BCUT2D eigenvalue weighted by Crippen LogP contribution is 2.39. The van der Waals surface area contributed by atoms with Crippen LogP contribution in [0.25, 0.3) is 0 Å². The summed E-state index contributed by atoms with van der Waals surface area (Å²) in [6.45, 7) is 3.39. The highest BCUT2D eigenvalue weighted by molar-refractivity contribution is 5.11.